The van der Waals surface area contributed by atoms with Crippen LogP contribution in [0.2, 0.25) is 0 Å². The Kier molecular flexibility index (Phi) is 4.72. The van der Waals surface area contributed by atoms with E-state index in [0.29, 0.717) is 6.10 Å². The van der Waals surface area contributed by atoms with Gasteiger partial charge in [0.1, 0.15) is 17.5 Å². The molecule has 0 saturated carbocycles. The highest BCUT2D eigenvalue weighted by Crippen LogP contribution is 2.11. The Morgan fingerprint density at radius 1 is 1.44 bits per heavy atom. The molecule has 1 saturated heterocycles. The Balaban J connectivity index is 1.80. The van der Waals surface area contributed by atoms with Crippen LogP contribution >= 0.6 is 0 Å². The number of rotatable bonds is 5. The molecule has 2 rings (SSSR count). The zero-order chi connectivity index (χ0) is 12.8. The highest BCUT2D eigenvalue weighted by Gasteiger charge is 2.12. The molecule has 6 nitrogen and oxygen atoms in total. The van der Waals surface area contributed by atoms with Gasteiger partial charge in [0.2, 0.25) is 0 Å². The van der Waals surface area contributed by atoms with Crippen LogP contribution in [-0.2, 0) is 4.74 Å². The Labute approximate surface area is 108 Å². The molecule has 0 aromatic carbocycles. The third kappa shape index (κ3) is 3.82. The standard InChI is InChI=1S/C12H21N5O/c1-9-16-11(13-2)7-12(17-9)15-4-3-10-8-14-5-6-18-10/h7,10,14H,3-6,8H2,1-2H3,(H2,13,15,16,17). The number of morpholine rings is 1. The maximum atomic E-state index is 5.64. The summed E-state index contributed by atoms with van der Waals surface area (Å²) in [5, 5.41) is 9.65. The molecule has 0 bridgehead atoms. The molecule has 1 aliphatic heterocycles. The second-order valence-electron chi connectivity index (χ2n) is 4.35. The van der Waals surface area contributed by atoms with E-state index in [9.17, 15) is 0 Å². The summed E-state index contributed by atoms with van der Waals surface area (Å²) in [6, 6.07) is 1.91. The lowest BCUT2D eigenvalue weighted by molar-refractivity contribution is 0.0258. The van der Waals surface area contributed by atoms with Crippen molar-refractivity contribution >= 4 is 11.6 Å². The van der Waals surface area contributed by atoms with E-state index in [-0.39, 0.29) is 0 Å². The van der Waals surface area contributed by atoms with Crippen molar-refractivity contribution in [1.82, 2.24) is 15.3 Å². The first-order chi connectivity index (χ1) is 8.78. The van der Waals surface area contributed by atoms with Gasteiger partial charge in [0.05, 0.1) is 12.7 Å². The maximum Gasteiger partial charge on any atom is 0.131 e. The van der Waals surface area contributed by atoms with Crippen LogP contribution in [0.15, 0.2) is 6.07 Å². The lowest BCUT2D eigenvalue weighted by atomic mass is 10.2. The summed E-state index contributed by atoms with van der Waals surface area (Å²) >= 11 is 0. The molecule has 1 aromatic heterocycles. The molecular weight excluding hydrogens is 230 g/mol. The summed E-state index contributed by atoms with van der Waals surface area (Å²) in [4.78, 5) is 8.60. The van der Waals surface area contributed by atoms with E-state index in [1.54, 1.807) is 0 Å². The number of aryl methyl sites for hydroxylation is 1. The quantitative estimate of drug-likeness (QED) is 0.712. The number of nitrogens with one attached hydrogen (secondary N) is 3. The minimum absolute atomic E-state index is 0.304. The van der Waals surface area contributed by atoms with Gasteiger partial charge in [-0.15, -0.1) is 0 Å². The minimum Gasteiger partial charge on any atom is -0.376 e. The molecule has 1 unspecified atom stereocenters. The molecule has 1 aromatic rings. The van der Waals surface area contributed by atoms with Gasteiger partial charge in [0, 0.05) is 32.7 Å². The summed E-state index contributed by atoms with van der Waals surface area (Å²) in [6.45, 7) is 5.44. The number of hydrogen-bond acceptors (Lipinski definition) is 6. The van der Waals surface area contributed by atoms with E-state index in [0.717, 1.165) is 50.1 Å². The number of nitrogens with zero attached hydrogens (tertiary/aromatic N) is 2. The lowest BCUT2D eigenvalue weighted by Gasteiger charge is -2.23. The van der Waals surface area contributed by atoms with Crippen molar-refractivity contribution in [2.45, 2.75) is 19.4 Å². The Morgan fingerprint density at radius 2 is 2.28 bits per heavy atom. The zero-order valence-electron chi connectivity index (χ0n) is 11.0. The van der Waals surface area contributed by atoms with Gasteiger partial charge in [0.25, 0.3) is 0 Å². The Hall–Kier alpha value is -1.40. The summed E-state index contributed by atoms with van der Waals surface area (Å²) in [7, 11) is 1.85. The fraction of sp³-hybridized carbons (Fsp3) is 0.667. The zero-order valence-corrected chi connectivity index (χ0v) is 11.0. The molecule has 0 radical (unpaired) electrons. The normalized spacial score (nSPS) is 19.6. The van der Waals surface area contributed by atoms with Crippen LogP contribution in [0, 0.1) is 6.92 Å². The van der Waals surface area contributed by atoms with Crippen LogP contribution in [0.4, 0.5) is 11.6 Å². The van der Waals surface area contributed by atoms with Crippen molar-refractivity contribution in [3.05, 3.63) is 11.9 Å². The first kappa shape index (κ1) is 13.0. The molecule has 1 aliphatic rings. The number of ether oxygens (including phenoxy) is 1. The molecule has 3 N–H and O–H groups in total. The maximum absolute atomic E-state index is 5.64. The third-order valence-corrected chi connectivity index (χ3v) is 2.87. The highest BCUT2D eigenvalue weighted by molar-refractivity contribution is 5.46. The van der Waals surface area contributed by atoms with Gasteiger partial charge in [-0.05, 0) is 13.3 Å². The summed E-state index contributed by atoms with van der Waals surface area (Å²) in [5.74, 6) is 2.45. The van der Waals surface area contributed by atoms with Gasteiger partial charge in [-0.3, -0.25) is 0 Å². The van der Waals surface area contributed by atoms with Crippen LogP contribution < -0.4 is 16.0 Å². The summed E-state index contributed by atoms with van der Waals surface area (Å²) in [5.41, 5.74) is 0. The molecule has 6 heteroatoms. The molecule has 0 amide bonds. The van der Waals surface area contributed by atoms with Gasteiger partial charge >= 0.3 is 0 Å². The van der Waals surface area contributed by atoms with Gasteiger partial charge in [-0.2, -0.15) is 0 Å². The van der Waals surface area contributed by atoms with Gasteiger partial charge in [-0.25, -0.2) is 9.97 Å². The Morgan fingerprint density at radius 3 is 3.00 bits per heavy atom. The number of hydrogen-bond donors (Lipinski definition) is 3. The SMILES string of the molecule is CNc1cc(NCCC2CNCCO2)nc(C)n1. The second kappa shape index (κ2) is 6.51. The molecule has 1 atom stereocenters. The van der Waals surface area contributed by atoms with Crippen molar-refractivity contribution < 1.29 is 4.74 Å². The van der Waals surface area contributed by atoms with Crippen molar-refractivity contribution in [3.8, 4) is 0 Å². The first-order valence-corrected chi connectivity index (χ1v) is 6.37. The summed E-state index contributed by atoms with van der Waals surface area (Å²) in [6.07, 6.45) is 1.28. The molecule has 1 fully saturated rings. The van der Waals surface area contributed by atoms with Crippen molar-refractivity contribution in [3.63, 3.8) is 0 Å². The molecule has 0 spiro atoms. The number of aromatic nitrogens is 2. The molecule has 2 heterocycles. The number of anilines is 2. The van der Waals surface area contributed by atoms with Gasteiger partial charge in [-0.1, -0.05) is 0 Å². The lowest BCUT2D eigenvalue weighted by Crippen LogP contribution is -2.39. The average molecular weight is 251 g/mol. The Bertz CT molecular complexity index is 379. The van der Waals surface area contributed by atoms with Crippen LogP contribution in [0.5, 0.6) is 0 Å². The van der Waals surface area contributed by atoms with Gasteiger partial charge < -0.3 is 20.7 Å². The van der Waals surface area contributed by atoms with E-state index in [1.807, 2.05) is 20.0 Å². The largest absolute Gasteiger partial charge is 0.376 e. The van der Waals surface area contributed by atoms with Crippen molar-refractivity contribution in [2.24, 2.45) is 0 Å². The van der Waals surface area contributed by atoms with E-state index in [1.165, 1.54) is 0 Å². The topological polar surface area (TPSA) is 71.1 Å². The summed E-state index contributed by atoms with van der Waals surface area (Å²) < 4.78 is 5.64. The van der Waals surface area contributed by atoms with E-state index in [4.69, 9.17) is 4.74 Å². The predicted octanol–water partition coefficient (Wildman–Crippen LogP) is 0.617. The first-order valence-electron chi connectivity index (χ1n) is 6.37. The third-order valence-electron chi connectivity index (χ3n) is 2.87. The fourth-order valence-electron chi connectivity index (χ4n) is 1.95. The van der Waals surface area contributed by atoms with E-state index < -0.39 is 0 Å². The smallest absolute Gasteiger partial charge is 0.131 e. The monoisotopic (exact) mass is 251 g/mol. The minimum atomic E-state index is 0.304. The van der Waals surface area contributed by atoms with Gasteiger partial charge in [0.15, 0.2) is 0 Å². The van der Waals surface area contributed by atoms with E-state index >= 15 is 0 Å². The van der Waals surface area contributed by atoms with Crippen LogP contribution in [0.3, 0.4) is 0 Å². The van der Waals surface area contributed by atoms with E-state index in [2.05, 4.69) is 25.9 Å². The fourth-order valence-corrected chi connectivity index (χ4v) is 1.95. The van der Waals surface area contributed by atoms with Crippen LogP contribution in [0.25, 0.3) is 0 Å². The average Bonchev–Trinajstić information content (AvgIpc) is 2.39. The van der Waals surface area contributed by atoms with Crippen LogP contribution in [-0.4, -0.2) is 49.4 Å². The van der Waals surface area contributed by atoms with Crippen LogP contribution in [0.1, 0.15) is 12.2 Å². The molecular formula is C12H21N5O. The van der Waals surface area contributed by atoms with Crippen molar-refractivity contribution in [1.29, 1.82) is 0 Å². The highest BCUT2D eigenvalue weighted by atomic mass is 16.5. The van der Waals surface area contributed by atoms with Crippen molar-refractivity contribution in [2.75, 3.05) is 43.9 Å². The molecule has 0 aliphatic carbocycles. The molecule has 100 valence electrons. The molecule has 18 heavy (non-hydrogen) atoms. The predicted molar refractivity (Wildman–Crippen MR) is 72.0 cm³/mol. The second-order valence-corrected chi connectivity index (χ2v) is 4.35.